The minimum atomic E-state index is 0.729. The summed E-state index contributed by atoms with van der Waals surface area (Å²) in [5.74, 6) is 0.918. The van der Waals surface area contributed by atoms with Gasteiger partial charge in [-0.25, -0.2) is 9.50 Å². The second-order valence-corrected chi connectivity index (χ2v) is 7.62. The van der Waals surface area contributed by atoms with E-state index >= 15 is 0 Å². The Labute approximate surface area is 147 Å². The summed E-state index contributed by atoms with van der Waals surface area (Å²) in [6.45, 7) is 0. The molecule has 2 aromatic heterocycles. The third kappa shape index (κ3) is 3.27. The van der Waals surface area contributed by atoms with Crippen LogP contribution in [0, 0.1) is 0 Å². The number of benzene rings is 2. The molecule has 0 aliphatic carbocycles. The minimum absolute atomic E-state index is 0.729. The molecule has 0 saturated heterocycles. The zero-order valence-electron chi connectivity index (χ0n) is 12.0. The van der Waals surface area contributed by atoms with Crippen molar-refractivity contribution in [3.63, 3.8) is 0 Å². The summed E-state index contributed by atoms with van der Waals surface area (Å²) in [4.78, 5) is 5.56. The van der Waals surface area contributed by atoms with Crippen LogP contribution in [0.25, 0.3) is 16.2 Å². The largest absolute Gasteiger partial charge is 0.217 e. The molecular weight excluding hydrogens is 346 g/mol. The van der Waals surface area contributed by atoms with Gasteiger partial charge in [0.05, 0.1) is 11.9 Å². The van der Waals surface area contributed by atoms with Gasteiger partial charge in [-0.2, -0.15) is 0 Å². The molecule has 0 aliphatic heterocycles. The standard InChI is InChI=1S/C17H12ClN3S2/c18-14-8-6-13(7-9-14)15-10-21-16(19-15)23-17(20-21)22-11-12-4-2-1-3-5-12/h1-10H,11H2. The van der Waals surface area contributed by atoms with Crippen molar-refractivity contribution >= 4 is 39.7 Å². The average molecular weight is 358 g/mol. The van der Waals surface area contributed by atoms with Crippen LogP contribution in [0.1, 0.15) is 5.56 Å². The van der Waals surface area contributed by atoms with Crippen LogP contribution in [-0.4, -0.2) is 14.6 Å². The maximum Gasteiger partial charge on any atom is 0.213 e. The van der Waals surface area contributed by atoms with Crippen molar-refractivity contribution in [3.8, 4) is 11.3 Å². The summed E-state index contributed by atoms with van der Waals surface area (Å²) >= 11 is 9.27. The van der Waals surface area contributed by atoms with Gasteiger partial charge in [-0.3, -0.25) is 0 Å². The fourth-order valence-electron chi connectivity index (χ4n) is 2.22. The van der Waals surface area contributed by atoms with Gasteiger partial charge in [0.2, 0.25) is 4.96 Å². The maximum atomic E-state index is 5.92. The number of aromatic nitrogens is 3. The van der Waals surface area contributed by atoms with E-state index in [2.05, 4.69) is 34.3 Å². The van der Waals surface area contributed by atoms with Gasteiger partial charge in [0, 0.05) is 16.3 Å². The summed E-state index contributed by atoms with van der Waals surface area (Å²) in [6.07, 6.45) is 1.96. The fourth-order valence-corrected chi connectivity index (χ4v) is 4.23. The van der Waals surface area contributed by atoms with E-state index in [4.69, 9.17) is 11.6 Å². The summed E-state index contributed by atoms with van der Waals surface area (Å²) in [7, 11) is 0. The molecule has 2 heterocycles. The predicted molar refractivity (Wildman–Crippen MR) is 97.3 cm³/mol. The van der Waals surface area contributed by atoms with Gasteiger partial charge in [0.25, 0.3) is 0 Å². The molecule has 0 bridgehead atoms. The minimum Gasteiger partial charge on any atom is -0.217 e. The Bertz CT molecular complexity index is 898. The van der Waals surface area contributed by atoms with E-state index in [1.165, 1.54) is 5.56 Å². The summed E-state index contributed by atoms with van der Waals surface area (Å²) in [5.41, 5.74) is 3.26. The number of hydrogen-bond acceptors (Lipinski definition) is 4. The number of rotatable bonds is 4. The van der Waals surface area contributed by atoms with Crippen molar-refractivity contribution in [2.75, 3.05) is 0 Å². The van der Waals surface area contributed by atoms with Crippen LogP contribution >= 0.6 is 34.7 Å². The van der Waals surface area contributed by atoms with E-state index in [1.807, 2.05) is 41.0 Å². The fraction of sp³-hybridized carbons (Fsp3) is 0.0588. The Morgan fingerprint density at radius 1 is 1.04 bits per heavy atom. The third-order valence-electron chi connectivity index (χ3n) is 3.37. The Morgan fingerprint density at radius 3 is 2.57 bits per heavy atom. The van der Waals surface area contributed by atoms with Crippen molar-refractivity contribution in [1.82, 2.24) is 14.6 Å². The van der Waals surface area contributed by atoms with Crippen LogP contribution in [-0.2, 0) is 5.75 Å². The molecule has 114 valence electrons. The number of hydrogen-bond donors (Lipinski definition) is 0. The topological polar surface area (TPSA) is 30.2 Å². The molecule has 4 rings (SSSR count). The van der Waals surface area contributed by atoms with Gasteiger partial charge in [-0.05, 0) is 17.7 Å². The molecule has 0 spiro atoms. The van der Waals surface area contributed by atoms with Crippen LogP contribution in [0.4, 0.5) is 0 Å². The summed E-state index contributed by atoms with van der Waals surface area (Å²) < 4.78 is 2.88. The number of imidazole rings is 1. The van der Waals surface area contributed by atoms with Crippen molar-refractivity contribution < 1.29 is 0 Å². The highest BCUT2D eigenvalue weighted by molar-refractivity contribution is 8.00. The first-order chi connectivity index (χ1) is 11.3. The number of thioether (sulfide) groups is 1. The van der Waals surface area contributed by atoms with Crippen LogP contribution in [0.3, 0.4) is 0 Å². The molecular formula is C17H12ClN3S2. The lowest BCUT2D eigenvalue weighted by Crippen LogP contribution is -1.82. The van der Waals surface area contributed by atoms with Crippen LogP contribution in [0.2, 0.25) is 5.02 Å². The number of halogens is 1. The Hall–Kier alpha value is -1.82. The highest BCUT2D eigenvalue weighted by Gasteiger charge is 2.10. The van der Waals surface area contributed by atoms with E-state index in [0.29, 0.717) is 0 Å². The lowest BCUT2D eigenvalue weighted by molar-refractivity contribution is 0.915. The van der Waals surface area contributed by atoms with Crippen molar-refractivity contribution in [2.45, 2.75) is 10.1 Å². The molecule has 6 heteroatoms. The normalized spacial score (nSPS) is 11.2. The first-order valence-electron chi connectivity index (χ1n) is 7.07. The quantitative estimate of drug-likeness (QED) is 0.458. The van der Waals surface area contributed by atoms with Gasteiger partial charge in [-0.15, -0.1) is 5.10 Å². The number of fused-ring (bicyclic) bond motifs is 1. The first kappa shape index (κ1) is 14.8. The van der Waals surface area contributed by atoms with Crippen LogP contribution < -0.4 is 0 Å². The SMILES string of the molecule is Clc1ccc(-c2cn3nc(SCc4ccccc4)sc3n2)cc1. The van der Waals surface area contributed by atoms with Crippen LogP contribution in [0.5, 0.6) is 0 Å². The predicted octanol–water partition coefficient (Wildman–Crippen LogP) is 5.40. The summed E-state index contributed by atoms with van der Waals surface area (Å²) in [5, 5.41) is 5.33. The molecule has 0 unspecified atom stereocenters. The molecule has 0 N–H and O–H groups in total. The highest BCUT2D eigenvalue weighted by Crippen LogP contribution is 2.29. The van der Waals surface area contributed by atoms with Crippen LogP contribution in [0.15, 0.2) is 65.1 Å². The van der Waals surface area contributed by atoms with Gasteiger partial charge in [0.1, 0.15) is 0 Å². The second kappa shape index (κ2) is 6.35. The Morgan fingerprint density at radius 2 is 1.83 bits per heavy atom. The molecule has 4 aromatic rings. The van der Waals surface area contributed by atoms with E-state index in [0.717, 1.165) is 31.3 Å². The van der Waals surface area contributed by atoms with Crippen molar-refractivity contribution in [1.29, 1.82) is 0 Å². The Kier molecular flexibility index (Phi) is 4.08. The van der Waals surface area contributed by atoms with Gasteiger partial charge in [0.15, 0.2) is 4.34 Å². The Balaban J connectivity index is 1.53. The molecule has 2 aromatic carbocycles. The molecule has 3 nitrogen and oxygen atoms in total. The van der Waals surface area contributed by atoms with E-state index in [-0.39, 0.29) is 0 Å². The lowest BCUT2D eigenvalue weighted by atomic mass is 10.2. The first-order valence-corrected chi connectivity index (χ1v) is 9.25. The van der Waals surface area contributed by atoms with Gasteiger partial charge >= 0.3 is 0 Å². The van der Waals surface area contributed by atoms with E-state index < -0.39 is 0 Å². The molecule has 0 radical (unpaired) electrons. The molecule has 0 aliphatic rings. The third-order valence-corrected chi connectivity index (χ3v) is 5.75. The van der Waals surface area contributed by atoms with Crippen molar-refractivity contribution in [3.05, 3.63) is 71.4 Å². The van der Waals surface area contributed by atoms with E-state index in [9.17, 15) is 0 Å². The molecule has 0 fully saturated rings. The molecule has 0 amide bonds. The molecule has 23 heavy (non-hydrogen) atoms. The van der Waals surface area contributed by atoms with Crippen molar-refractivity contribution in [2.24, 2.45) is 0 Å². The molecule has 0 saturated carbocycles. The lowest BCUT2D eigenvalue weighted by Gasteiger charge is -1.97. The van der Waals surface area contributed by atoms with E-state index in [1.54, 1.807) is 23.1 Å². The zero-order chi connectivity index (χ0) is 15.6. The zero-order valence-corrected chi connectivity index (χ0v) is 14.4. The average Bonchev–Trinajstić information content (AvgIpc) is 3.13. The molecule has 0 atom stereocenters. The maximum absolute atomic E-state index is 5.92. The second-order valence-electron chi connectivity index (χ2n) is 5.00. The number of nitrogens with zero attached hydrogens (tertiary/aromatic N) is 3. The van der Waals surface area contributed by atoms with Gasteiger partial charge < -0.3 is 0 Å². The van der Waals surface area contributed by atoms with Gasteiger partial charge in [-0.1, -0.05) is 77.2 Å². The smallest absolute Gasteiger partial charge is 0.213 e. The summed E-state index contributed by atoms with van der Waals surface area (Å²) in [6, 6.07) is 18.1. The highest BCUT2D eigenvalue weighted by atomic mass is 35.5. The monoisotopic (exact) mass is 357 g/mol.